The molecule has 1 aromatic heterocycles. The number of amides is 2. The predicted molar refractivity (Wildman–Crippen MR) is 73.5 cm³/mol. The molecule has 1 aliphatic heterocycles. The molecular weight excluding hydrogens is 254 g/mol. The number of rotatable bonds is 3. The maximum absolute atomic E-state index is 12.8. The number of nitrogens with one attached hydrogen (secondary N) is 1. The Kier molecular flexibility index (Phi) is 3.20. The van der Waals surface area contributed by atoms with E-state index in [-0.39, 0.29) is 17.7 Å². The van der Waals surface area contributed by atoms with Crippen LogP contribution in [0.5, 0.6) is 0 Å². The topological polar surface area (TPSA) is 62.3 Å². The second kappa shape index (κ2) is 4.89. The second-order valence-corrected chi connectivity index (χ2v) is 5.86. The SMILES string of the molecule is CC1(C2CC2)NC(=O)CCN(Cc2cccnc2)C1=O. The maximum Gasteiger partial charge on any atom is 0.248 e. The molecule has 2 amide bonds. The summed E-state index contributed by atoms with van der Waals surface area (Å²) in [5, 5.41) is 2.94. The third-order valence-electron chi connectivity index (χ3n) is 4.23. The van der Waals surface area contributed by atoms with Gasteiger partial charge in [-0.15, -0.1) is 0 Å². The smallest absolute Gasteiger partial charge is 0.248 e. The van der Waals surface area contributed by atoms with E-state index in [4.69, 9.17) is 0 Å². The quantitative estimate of drug-likeness (QED) is 0.897. The van der Waals surface area contributed by atoms with Crippen molar-refractivity contribution in [2.45, 2.75) is 38.3 Å². The standard InChI is InChI=1S/C15H19N3O2/c1-15(12-4-5-12)14(20)18(8-6-13(19)17-15)10-11-3-2-7-16-9-11/h2-3,7,9,12H,4-6,8,10H2,1H3,(H,17,19). The molecule has 0 bridgehead atoms. The average Bonchev–Trinajstić information content (AvgIpc) is 3.28. The predicted octanol–water partition coefficient (Wildman–Crippen LogP) is 1.10. The molecule has 0 spiro atoms. The van der Waals surface area contributed by atoms with E-state index >= 15 is 0 Å². The lowest BCUT2D eigenvalue weighted by atomic mass is 9.94. The highest BCUT2D eigenvalue weighted by molar-refractivity contribution is 5.93. The van der Waals surface area contributed by atoms with Gasteiger partial charge < -0.3 is 10.2 Å². The minimum absolute atomic E-state index is 0.0264. The highest BCUT2D eigenvalue weighted by Crippen LogP contribution is 2.41. The van der Waals surface area contributed by atoms with Gasteiger partial charge >= 0.3 is 0 Å². The van der Waals surface area contributed by atoms with Crippen LogP contribution in [-0.4, -0.2) is 33.8 Å². The molecule has 5 heteroatoms. The van der Waals surface area contributed by atoms with E-state index in [1.807, 2.05) is 19.1 Å². The summed E-state index contributed by atoms with van der Waals surface area (Å²) in [5.74, 6) is 0.296. The molecule has 1 aliphatic carbocycles. The molecule has 20 heavy (non-hydrogen) atoms. The molecule has 2 heterocycles. The van der Waals surface area contributed by atoms with Crippen molar-refractivity contribution < 1.29 is 9.59 Å². The van der Waals surface area contributed by atoms with Crippen LogP contribution in [0.15, 0.2) is 24.5 Å². The highest BCUT2D eigenvalue weighted by atomic mass is 16.2. The van der Waals surface area contributed by atoms with Crippen molar-refractivity contribution in [1.82, 2.24) is 15.2 Å². The normalized spacial score (nSPS) is 27.1. The Balaban J connectivity index is 1.83. The number of carbonyl (C=O) groups excluding carboxylic acids is 2. The minimum Gasteiger partial charge on any atom is -0.342 e. The zero-order valence-electron chi connectivity index (χ0n) is 11.6. The van der Waals surface area contributed by atoms with Gasteiger partial charge in [0, 0.05) is 31.9 Å². The van der Waals surface area contributed by atoms with E-state index < -0.39 is 5.54 Å². The van der Waals surface area contributed by atoms with E-state index in [0.717, 1.165) is 18.4 Å². The summed E-state index contributed by atoms with van der Waals surface area (Å²) in [4.78, 5) is 30.5. The number of aromatic nitrogens is 1. The van der Waals surface area contributed by atoms with Crippen LogP contribution < -0.4 is 5.32 Å². The summed E-state index contributed by atoms with van der Waals surface area (Å²) in [6.45, 7) is 2.86. The molecular formula is C15H19N3O2. The molecule has 2 aliphatic rings. The monoisotopic (exact) mass is 273 g/mol. The summed E-state index contributed by atoms with van der Waals surface area (Å²) < 4.78 is 0. The van der Waals surface area contributed by atoms with Crippen molar-refractivity contribution in [1.29, 1.82) is 0 Å². The zero-order chi connectivity index (χ0) is 14.2. The average molecular weight is 273 g/mol. The molecule has 0 aromatic carbocycles. The number of hydrogen-bond donors (Lipinski definition) is 1. The summed E-state index contributed by atoms with van der Waals surface area (Å²) in [6, 6.07) is 3.82. The van der Waals surface area contributed by atoms with Gasteiger partial charge in [-0.1, -0.05) is 6.07 Å². The van der Waals surface area contributed by atoms with Gasteiger partial charge in [-0.2, -0.15) is 0 Å². The van der Waals surface area contributed by atoms with Gasteiger partial charge in [0.05, 0.1) is 0 Å². The molecule has 1 saturated carbocycles. The van der Waals surface area contributed by atoms with Gasteiger partial charge in [-0.05, 0) is 37.3 Å². The number of pyridine rings is 1. The number of hydrogen-bond acceptors (Lipinski definition) is 3. The Morgan fingerprint density at radius 1 is 1.45 bits per heavy atom. The Morgan fingerprint density at radius 3 is 2.90 bits per heavy atom. The van der Waals surface area contributed by atoms with E-state index in [1.165, 1.54) is 0 Å². The fourth-order valence-corrected chi connectivity index (χ4v) is 2.87. The molecule has 1 atom stereocenters. The molecule has 2 fully saturated rings. The van der Waals surface area contributed by atoms with Crippen molar-refractivity contribution >= 4 is 11.8 Å². The third kappa shape index (κ3) is 2.40. The lowest BCUT2D eigenvalue weighted by Crippen LogP contribution is -2.56. The van der Waals surface area contributed by atoms with Crippen molar-refractivity contribution in [3.63, 3.8) is 0 Å². The fraction of sp³-hybridized carbons (Fsp3) is 0.533. The van der Waals surface area contributed by atoms with Crippen molar-refractivity contribution in [3.05, 3.63) is 30.1 Å². The first-order valence-corrected chi connectivity index (χ1v) is 7.09. The Hall–Kier alpha value is -1.91. The second-order valence-electron chi connectivity index (χ2n) is 5.86. The van der Waals surface area contributed by atoms with Gasteiger partial charge in [-0.25, -0.2) is 0 Å². The Bertz CT molecular complexity index is 527. The number of nitrogens with zero attached hydrogens (tertiary/aromatic N) is 2. The summed E-state index contributed by atoms with van der Waals surface area (Å²) >= 11 is 0. The van der Waals surface area contributed by atoms with Gasteiger partial charge in [0.25, 0.3) is 0 Å². The van der Waals surface area contributed by atoms with E-state index in [1.54, 1.807) is 17.3 Å². The largest absolute Gasteiger partial charge is 0.342 e. The molecule has 3 rings (SSSR count). The molecule has 5 nitrogen and oxygen atoms in total. The van der Waals surface area contributed by atoms with Crippen LogP contribution in [0.25, 0.3) is 0 Å². The lowest BCUT2D eigenvalue weighted by molar-refractivity contribution is -0.139. The van der Waals surface area contributed by atoms with Crippen LogP contribution in [0, 0.1) is 5.92 Å². The first-order valence-electron chi connectivity index (χ1n) is 7.09. The van der Waals surface area contributed by atoms with Gasteiger partial charge in [-0.3, -0.25) is 14.6 Å². The van der Waals surface area contributed by atoms with Crippen molar-refractivity contribution in [2.24, 2.45) is 5.92 Å². The van der Waals surface area contributed by atoms with E-state index in [2.05, 4.69) is 10.3 Å². The van der Waals surface area contributed by atoms with Crippen LogP contribution in [0.4, 0.5) is 0 Å². The van der Waals surface area contributed by atoms with Crippen LogP contribution in [0.1, 0.15) is 31.7 Å². The molecule has 1 saturated heterocycles. The maximum atomic E-state index is 12.8. The van der Waals surface area contributed by atoms with Crippen LogP contribution in [-0.2, 0) is 16.1 Å². The summed E-state index contributed by atoms with van der Waals surface area (Å²) in [7, 11) is 0. The first-order chi connectivity index (χ1) is 9.59. The van der Waals surface area contributed by atoms with E-state index in [9.17, 15) is 9.59 Å². The van der Waals surface area contributed by atoms with Crippen LogP contribution in [0.2, 0.25) is 0 Å². The zero-order valence-corrected chi connectivity index (χ0v) is 11.6. The third-order valence-corrected chi connectivity index (χ3v) is 4.23. The summed E-state index contributed by atoms with van der Waals surface area (Å²) in [5.41, 5.74) is 0.267. The van der Waals surface area contributed by atoms with E-state index in [0.29, 0.717) is 19.5 Å². The molecule has 1 N–H and O–H groups in total. The summed E-state index contributed by atoms with van der Waals surface area (Å²) in [6.07, 6.45) is 5.88. The highest BCUT2D eigenvalue weighted by Gasteiger charge is 2.50. The van der Waals surface area contributed by atoms with Gasteiger partial charge in [0.2, 0.25) is 11.8 Å². The lowest BCUT2D eigenvalue weighted by Gasteiger charge is -2.32. The minimum atomic E-state index is -0.726. The van der Waals surface area contributed by atoms with Crippen LogP contribution >= 0.6 is 0 Å². The molecule has 1 unspecified atom stereocenters. The Labute approximate surface area is 118 Å². The van der Waals surface area contributed by atoms with Gasteiger partial charge in [0.1, 0.15) is 5.54 Å². The number of carbonyl (C=O) groups is 2. The first kappa shape index (κ1) is 13.1. The van der Waals surface area contributed by atoms with Crippen molar-refractivity contribution in [2.75, 3.05) is 6.54 Å². The molecule has 1 aromatic rings. The molecule has 106 valence electrons. The fourth-order valence-electron chi connectivity index (χ4n) is 2.87. The van der Waals surface area contributed by atoms with Crippen molar-refractivity contribution in [3.8, 4) is 0 Å². The van der Waals surface area contributed by atoms with Gasteiger partial charge in [0.15, 0.2) is 0 Å². The molecule has 0 radical (unpaired) electrons. The Morgan fingerprint density at radius 2 is 2.25 bits per heavy atom. The van der Waals surface area contributed by atoms with Crippen LogP contribution in [0.3, 0.4) is 0 Å².